The molecule has 1 heterocycles. The minimum Gasteiger partial charge on any atom is -0.325 e. The van der Waals surface area contributed by atoms with E-state index in [0.29, 0.717) is 5.02 Å². The van der Waals surface area contributed by atoms with Gasteiger partial charge >= 0.3 is 0 Å². The summed E-state index contributed by atoms with van der Waals surface area (Å²) in [6, 6.07) is 21.3. The number of hydrogen-bond acceptors (Lipinski definition) is 2. The highest BCUT2D eigenvalue weighted by molar-refractivity contribution is 6.30. The fraction of sp³-hybridized carbons (Fsp3) is 0.130. The lowest BCUT2D eigenvalue weighted by Gasteiger charge is -2.11. The Morgan fingerprint density at radius 2 is 1.68 bits per heavy atom. The minimum absolute atomic E-state index is 0.0941. The molecule has 1 aromatic heterocycles. The van der Waals surface area contributed by atoms with Crippen molar-refractivity contribution in [1.82, 2.24) is 9.55 Å². The molecule has 140 valence electrons. The lowest BCUT2D eigenvalue weighted by molar-refractivity contribution is -0.116. The standard InChI is InChI=1S/C23H20ClN3O/c1-15-11-16(2)13-19(12-15)25-22(28)14-27-21-6-4-3-5-20(21)26-23(27)17-7-9-18(24)10-8-17/h3-13H,14H2,1-2H3,(H,25,28). The van der Waals surface area contributed by atoms with E-state index in [-0.39, 0.29) is 12.5 Å². The second-order valence-corrected chi connectivity index (χ2v) is 7.38. The molecule has 3 aromatic carbocycles. The van der Waals surface area contributed by atoms with Crippen molar-refractivity contribution in [2.24, 2.45) is 0 Å². The van der Waals surface area contributed by atoms with Gasteiger partial charge in [0.15, 0.2) is 0 Å². The summed E-state index contributed by atoms with van der Waals surface area (Å²) in [7, 11) is 0. The zero-order valence-corrected chi connectivity index (χ0v) is 16.5. The van der Waals surface area contributed by atoms with Gasteiger partial charge < -0.3 is 9.88 Å². The Kier molecular flexibility index (Phi) is 4.88. The smallest absolute Gasteiger partial charge is 0.244 e. The molecule has 1 N–H and O–H groups in total. The molecular weight excluding hydrogens is 370 g/mol. The number of amides is 1. The van der Waals surface area contributed by atoms with Crippen LogP contribution >= 0.6 is 11.6 Å². The molecule has 0 aliphatic carbocycles. The number of carbonyl (C=O) groups excluding carboxylic acids is 1. The summed E-state index contributed by atoms with van der Waals surface area (Å²) in [6.07, 6.45) is 0. The number of imidazole rings is 1. The molecule has 4 nitrogen and oxygen atoms in total. The molecule has 0 spiro atoms. The van der Waals surface area contributed by atoms with Crippen LogP contribution in [-0.4, -0.2) is 15.5 Å². The number of fused-ring (bicyclic) bond motifs is 1. The van der Waals surface area contributed by atoms with Crippen LogP contribution in [0.15, 0.2) is 66.7 Å². The fourth-order valence-electron chi connectivity index (χ4n) is 3.45. The van der Waals surface area contributed by atoms with Gasteiger partial charge in [0.05, 0.1) is 11.0 Å². The first-order chi connectivity index (χ1) is 13.5. The van der Waals surface area contributed by atoms with Crippen molar-refractivity contribution in [2.75, 3.05) is 5.32 Å². The van der Waals surface area contributed by atoms with Crippen LogP contribution in [0.1, 0.15) is 11.1 Å². The maximum Gasteiger partial charge on any atom is 0.244 e. The molecule has 0 bridgehead atoms. The molecule has 0 unspecified atom stereocenters. The van der Waals surface area contributed by atoms with Crippen LogP contribution in [0.4, 0.5) is 5.69 Å². The Hall–Kier alpha value is -3.11. The highest BCUT2D eigenvalue weighted by atomic mass is 35.5. The Labute approximate surface area is 168 Å². The number of benzene rings is 3. The van der Waals surface area contributed by atoms with E-state index in [1.807, 2.05) is 79.1 Å². The lowest BCUT2D eigenvalue weighted by atomic mass is 10.1. The zero-order valence-electron chi connectivity index (χ0n) is 15.7. The highest BCUT2D eigenvalue weighted by Gasteiger charge is 2.15. The number of halogens is 1. The molecule has 0 atom stereocenters. The van der Waals surface area contributed by atoms with Crippen LogP contribution < -0.4 is 5.32 Å². The van der Waals surface area contributed by atoms with E-state index in [9.17, 15) is 4.79 Å². The van der Waals surface area contributed by atoms with E-state index >= 15 is 0 Å². The number of aryl methyl sites for hydroxylation is 2. The second-order valence-electron chi connectivity index (χ2n) is 6.94. The van der Waals surface area contributed by atoms with Gasteiger partial charge in [-0.25, -0.2) is 4.98 Å². The average molecular weight is 390 g/mol. The molecule has 0 aliphatic heterocycles. The van der Waals surface area contributed by atoms with Crippen LogP contribution in [-0.2, 0) is 11.3 Å². The number of carbonyl (C=O) groups is 1. The molecule has 0 aliphatic rings. The molecular formula is C23H20ClN3O. The van der Waals surface area contributed by atoms with Gasteiger partial charge in [-0.3, -0.25) is 4.79 Å². The number of nitrogens with one attached hydrogen (secondary N) is 1. The van der Waals surface area contributed by atoms with Crippen molar-refractivity contribution in [3.63, 3.8) is 0 Å². The number of rotatable bonds is 4. The monoisotopic (exact) mass is 389 g/mol. The van der Waals surface area contributed by atoms with E-state index in [2.05, 4.69) is 11.4 Å². The topological polar surface area (TPSA) is 46.9 Å². The first-order valence-electron chi connectivity index (χ1n) is 9.09. The van der Waals surface area contributed by atoms with Crippen LogP contribution in [0.25, 0.3) is 22.4 Å². The summed E-state index contributed by atoms with van der Waals surface area (Å²) in [5.41, 5.74) is 5.73. The lowest BCUT2D eigenvalue weighted by Crippen LogP contribution is -2.19. The normalized spacial score (nSPS) is 11.0. The summed E-state index contributed by atoms with van der Waals surface area (Å²) in [4.78, 5) is 17.5. The van der Waals surface area contributed by atoms with Gasteiger partial charge in [0.25, 0.3) is 0 Å². The third-order valence-corrected chi connectivity index (χ3v) is 4.82. The molecule has 4 rings (SSSR count). The predicted octanol–water partition coefficient (Wildman–Crippen LogP) is 5.61. The van der Waals surface area contributed by atoms with Crippen LogP contribution in [0.2, 0.25) is 5.02 Å². The highest BCUT2D eigenvalue weighted by Crippen LogP contribution is 2.26. The second kappa shape index (κ2) is 7.49. The van der Waals surface area contributed by atoms with Gasteiger partial charge in [-0.05, 0) is 73.5 Å². The first-order valence-corrected chi connectivity index (χ1v) is 9.47. The van der Waals surface area contributed by atoms with Crippen molar-refractivity contribution < 1.29 is 4.79 Å². The Balaban J connectivity index is 1.70. The van der Waals surface area contributed by atoms with Crippen molar-refractivity contribution in [3.8, 4) is 11.4 Å². The summed E-state index contributed by atoms with van der Waals surface area (Å²) < 4.78 is 1.94. The third kappa shape index (κ3) is 3.78. The molecule has 0 saturated carbocycles. The molecule has 28 heavy (non-hydrogen) atoms. The van der Waals surface area contributed by atoms with E-state index in [0.717, 1.165) is 39.2 Å². The van der Waals surface area contributed by atoms with Crippen molar-refractivity contribution in [3.05, 3.63) is 82.9 Å². The SMILES string of the molecule is Cc1cc(C)cc(NC(=O)Cn2c(-c3ccc(Cl)cc3)nc3ccccc32)c1. The van der Waals surface area contributed by atoms with Gasteiger partial charge in [0, 0.05) is 16.3 Å². The molecule has 5 heteroatoms. The van der Waals surface area contributed by atoms with Gasteiger partial charge in [0.1, 0.15) is 12.4 Å². The first kappa shape index (κ1) is 18.3. The predicted molar refractivity (Wildman–Crippen MR) is 115 cm³/mol. The van der Waals surface area contributed by atoms with Crippen LogP contribution in [0.5, 0.6) is 0 Å². The number of para-hydroxylation sites is 2. The van der Waals surface area contributed by atoms with Crippen LogP contribution in [0.3, 0.4) is 0 Å². The van der Waals surface area contributed by atoms with Crippen LogP contribution in [0, 0.1) is 13.8 Å². The number of anilines is 1. The molecule has 0 radical (unpaired) electrons. The molecule has 0 fully saturated rings. The summed E-state index contributed by atoms with van der Waals surface area (Å²) in [6.45, 7) is 4.21. The third-order valence-electron chi connectivity index (χ3n) is 4.56. The number of nitrogens with zero attached hydrogens (tertiary/aromatic N) is 2. The van der Waals surface area contributed by atoms with E-state index < -0.39 is 0 Å². The number of hydrogen-bond donors (Lipinski definition) is 1. The maximum absolute atomic E-state index is 12.8. The van der Waals surface area contributed by atoms with Crippen molar-refractivity contribution in [1.29, 1.82) is 0 Å². The average Bonchev–Trinajstić information content (AvgIpc) is 3.00. The zero-order chi connectivity index (χ0) is 19.7. The van der Waals surface area contributed by atoms with Gasteiger partial charge in [-0.1, -0.05) is 29.8 Å². The maximum atomic E-state index is 12.8. The van der Waals surface area contributed by atoms with Gasteiger partial charge in [0.2, 0.25) is 5.91 Å². The van der Waals surface area contributed by atoms with Gasteiger partial charge in [-0.15, -0.1) is 0 Å². The van der Waals surface area contributed by atoms with E-state index in [4.69, 9.17) is 16.6 Å². The molecule has 0 saturated heterocycles. The fourth-order valence-corrected chi connectivity index (χ4v) is 3.57. The van der Waals surface area contributed by atoms with Crippen molar-refractivity contribution in [2.45, 2.75) is 20.4 Å². The summed E-state index contributed by atoms with van der Waals surface area (Å²) in [5.74, 6) is 0.650. The quantitative estimate of drug-likeness (QED) is 0.493. The number of aromatic nitrogens is 2. The van der Waals surface area contributed by atoms with E-state index in [1.54, 1.807) is 0 Å². The summed E-state index contributed by atoms with van der Waals surface area (Å²) >= 11 is 6.03. The molecule has 1 amide bonds. The van der Waals surface area contributed by atoms with Gasteiger partial charge in [-0.2, -0.15) is 0 Å². The van der Waals surface area contributed by atoms with E-state index in [1.165, 1.54) is 0 Å². The Morgan fingerprint density at radius 1 is 1.00 bits per heavy atom. The Bertz CT molecular complexity index is 1140. The largest absolute Gasteiger partial charge is 0.325 e. The minimum atomic E-state index is -0.0941. The summed E-state index contributed by atoms with van der Waals surface area (Å²) in [5, 5.41) is 3.67. The molecule has 4 aromatic rings. The Morgan fingerprint density at radius 3 is 2.39 bits per heavy atom. The van der Waals surface area contributed by atoms with Crippen molar-refractivity contribution >= 4 is 34.2 Å².